The van der Waals surface area contributed by atoms with Gasteiger partial charge in [-0.05, 0) is 44.5 Å². The molecule has 5 heteroatoms. The van der Waals surface area contributed by atoms with Crippen molar-refractivity contribution in [1.29, 1.82) is 0 Å². The van der Waals surface area contributed by atoms with E-state index in [2.05, 4.69) is 21.0 Å². The molecule has 4 nitrogen and oxygen atoms in total. The average Bonchev–Trinajstić information content (AvgIpc) is 2.65. The lowest BCUT2D eigenvalue weighted by Crippen LogP contribution is -2.02. The zero-order valence-electron chi connectivity index (χ0n) is 11.5. The second kappa shape index (κ2) is 5.63. The Morgan fingerprint density at radius 1 is 1.35 bits per heavy atom. The highest BCUT2D eigenvalue weighted by atomic mass is 79.9. The van der Waals surface area contributed by atoms with E-state index in [1.165, 1.54) is 0 Å². The fourth-order valence-corrected chi connectivity index (χ4v) is 2.31. The molecule has 2 aromatic rings. The molecule has 2 rings (SSSR count). The van der Waals surface area contributed by atoms with E-state index in [1.807, 2.05) is 43.7 Å². The van der Waals surface area contributed by atoms with E-state index in [0.717, 1.165) is 38.8 Å². The van der Waals surface area contributed by atoms with Crippen molar-refractivity contribution in [2.75, 3.05) is 0 Å². The summed E-state index contributed by atoms with van der Waals surface area (Å²) < 4.78 is 2.77. The molecule has 0 fully saturated rings. The highest BCUT2D eigenvalue weighted by molar-refractivity contribution is 9.10. The lowest BCUT2D eigenvalue weighted by Gasteiger charge is -2.09. The van der Waals surface area contributed by atoms with Gasteiger partial charge in [0.2, 0.25) is 0 Å². The van der Waals surface area contributed by atoms with Crippen molar-refractivity contribution < 1.29 is 9.90 Å². The van der Waals surface area contributed by atoms with Crippen LogP contribution in [0.15, 0.2) is 28.7 Å². The standard InChI is InChI=1S/C15H15BrN2O2/c1-9-10(2)17-18(11(9)3)14-8-13(16)6-4-12(14)5-7-15(19)20/h4-8H,1-3H3,(H,19,20). The molecule has 0 saturated heterocycles. The van der Waals surface area contributed by atoms with Gasteiger partial charge in [0, 0.05) is 21.8 Å². The monoisotopic (exact) mass is 334 g/mol. The molecule has 0 amide bonds. The Hall–Kier alpha value is -1.88. The molecule has 0 aliphatic carbocycles. The average molecular weight is 335 g/mol. The maximum Gasteiger partial charge on any atom is 0.328 e. The van der Waals surface area contributed by atoms with Crippen LogP contribution in [0.4, 0.5) is 0 Å². The summed E-state index contributed by atoms with van der Waals surface area (Å²) in [7, 11) is 0. The summed E-state index contributed by atoms with van der Waals surface area (Å²) in [5, 5.41) is 13.3. The van der Waals surface area contributed by atoms with Gasteiger partial charge in [-0.25, -0.2) is 9.48 Å². The first-order valence-corrected chi connectivity index (χ1v) is 6.93. The smallest absolute Gasteiger partial charge is 0.328 e. The van der Waals surface area contributed by atoms with Crippen molar-refractivity contribution in [3.05, 3.63) is 51.3 Å². The number of carbonyl (C=O) groups is 1. The molecule has 1 aromatic carbocycles. The van der Waals surface area contributed by atoms with Crippen LogP contribution in [0.1, 0.15) is 22.5 Å². The Morgan fingerprint density at radius 3 is 2.60 bits per heavy atom. The molecule has 0 spiro atoms. The van der Waals surface area contributed by atoms with E-state index in [9.17, 15) is 4.79 Å². The zero-order valence-corrected chi connectivity index (χ0v) is 13.1. The van der Waals surface area contributed by atoms with Crippen molar-refractivity contribution in [2.45, 2.75) is 20.8 Å². The molecule has 0 aliphatic rings. The number of aryl methyl sites for hydroxylation is 1. The quantitative estimate of drug-likeness (QED) is 0.871. The number of hydrogen-bond donors (Lipinski definition) is 1. The summed E-state index contributed by atoms with van der Waals surface area (Å²) in [5.41, 5.74) is 4.81. The highest BCUT2D eigenvalue weighted by Crippen LogP contribution is 2.24. The van der Waals surface area contributed by atoms with E-state index < -0.39 is 5.97 Å². The van der Waals surface area contributed by atoms with Crippen LogP contribution in [0.2, 0.25) is 0 Å². The van der Waals surface area contributed by atoms with Crippen LogP contribution >= 0.6 is 15.9 Å². The number of rotatable bonds is 3. The van der Waals surface area contributed by atoms with Crippen LogP contribution in [0.25, 0.3) is 11.8 Å². The summed E-state index contributed by atoms with van der Waals surface area (Å²) in [6.07, 6.45) is 2.71. The Bertz CT molecular complexity index is 702. The highest BCUT2D eigenvalue weighted by Gasteiger charge is 2.12. The Kier molecular flexibility index (Phi) is 4.09. The van der Waals surface area contributed by atoms with Gasteiger partial charge in [0.25, 0.3) is 0 Å². The van der Waals surface area contributed by atoms with Crippen LogP contribution in [0, 0.1) is 20.8 Å². The fourth-order valence-electron chi connectivity index (χ4n) is 1.96. The van der Waals surface area contributed by atoms with Crippen LogP contribution < -0.4 is 0 Å². The number of halogens is 1. The summed E-state index contributed by atoms with van der Waals surface area (Å²) in [6.45, 7) is 5.99. The number of nitrogens with zero attached hydrogens (tertiary/aromatic N) is 2. The van der Waals surface area contributed by atoms with Crippen molar-refractivity contribution in [3.8, 4) is 5.69 Å². The van der Waals surface area contributed by atoms with E-state index in [1.54, 1.807) is 6.08 Å². The molecule has 104 valence electrons. The first-order chi connectivity index (χ1) is 9.40. The molecular formula is C15H15BrN2O2. The van der Waals surface area contributed by atoms with Crippen molar-refractivity contribution >= 4 is 28.0 Å². The maximum absolute atomic E-state index is 10.7. The molecule has 0 saturated carbocycles. The van der Waals surface area contributed by atoms with Gasteiger partial charge in [-0.1, -0.05) is 22.0 Å². The lowest BCUT2D eigenvalue weighted by molar-refractivity contribution is -0.131. The third kappa shape index (κ3) is 2.82. The molecule has 1 aromatic heterocycles. The van der Waals surface area contributed by atoms with Crippen molar-refractivity contribution in [2.24, 2.45) is 0 Å². The molecule has 0 radical (unpaired) electrons. The molecule has 0 aliphatic heterocycles. The second-order valence-corrected chi connectivity index (χ2v) is 5.50. The van der Waals surface area contributed by atoms with E-state index in [0.29, 0.717) is 0 Å². The van der Waals surface area contributed by atoms with Crippen LogP contribution in [0.5, 0.6) is 0 Å². The Morgan fingerprint density at radius 2 is 2.05 bits per heavy atom. The SMILES string of the molecule is Cc1nn(-c2cc(Br)ccc2C=CC(=O)O)c(C)c1C. The second-order valence-electron chi connectivity index (χ2n) is 4.58. The molecule has 0 atom stereocenters. The van der Waals surface area contributed by atoms with E-state index in [-0.39, 0.29) is 0 Å². The number of carboxylic acid groups (broad SMARTS) is 1. The number of carboxylic acids is 1. The predicted octanol–water partition coefficient (Wildman–Crippen LogP) is 3.66. The van der Waals surface area contributed by atoms with Crippen LogP contribution in [-0.4, -0.2) is 20.9 Å². The van der Waals surface area contributed by atoms with Crippen molar-refractivity contribution in [1.82, 2.24) is 9.78 Å². The topological polar surface area (TPSA) is 55.1 Å². The zero-order chi connectivity index (χ0) is 14.9. The molecule has 1 N–H and O–H groups in total. The fraction of sp³-hybridized carbons (Fsp3) is 0.200. The first-order valence-electron chi connectivity index (χ1n) is 6.14. The van der Waals surface area contributed by atoms with Gasteiger partial charge < -0.3 is 5.11 Å². The summed E-state index contributed by atoms with van der Waals surface area (Å²) >= 11 is 3.44. The largest absolute Gasteiger partial charge is 0.478 e. The minimum Gasteiger partial charge on any atom is -0.478 e. The van der Waals surface area contributed by atoms with Gasteiger partial charge in [-0.3, -0.25) is 0 Å². The van der Waals surface area contributed by atoms with Gasteiger partial charge in [0.15, 0.2) is 0 Å². The number of benzene rings is 1. The number of aromatic nitrogens is 2. The summed E-state index contributed by atoms with van der Waals surface area (Å²) in [4.78, 5) is 10.7. The molecule has 20 heavy (non-hydrogen) atoms. The third-order valence-corrected chi connectivity index (χ3v) is 3.77. The van der Waals surface area contributed by atoms with Gasteiger partial charge in [0.05, 0.1) is 11.4 Å². The summed E-state index contributed by atoms with van der Waals surface area (Å²) in [5.74, 6) is -0.969. The summed E-state index contributed by atoms with van der Waals surface area (Å²) in [6, 6.07) is 5.68. The maximum atomic E-state index is 10.7. The van der Waals surface area contributed by atoms with Crippen LogP contribution in [-0.2, 0) is 4.79 Å². The first kappa shape index (κ1) is 14.5. The van der Waals surface area contributed by atoms with Gasteiger partial charge >= 0.3 is 5.97 Å². The lowest BCUT2D eigenvalue weighted by atomic mass is 10.1. The third-order valence-electron chi connectivity index (χ3n) is 3.28. The van der Waals surface area contributed by atoms with Gasteiger partial charge in [-0.15, -0.1) is 0 Å². The molecule has 1 heterocycles. The minimum absolute atomic E-state index is 0.807. The Balaban J connectivity index is 2.62. The van der Waals surface area contributed by atoms with Crippen LogP contribution in [0.3, 0.4) is 0 Å². The van der Waals surface area contributed by atoms with E-state index >= 15 is 0 Å². The minimum atomic E-state index is -0.969. The van der Waals surface area contributed by atoms with E-state index in [4.69, 9.17) is 5.11 Å². The predicted molar refractivity (Wildman–Crippen MR) is 82.1 cm³/mol. The van der Waals surface area contributed by atoms with Gasteiger partial charge in [-0.2, -0.15) is 5.10 Å². The molecule has 0 bridgehead atoms. The molecule has 0 unspecified atom stereocenters. The number of aliphatic carboxylic acids is 1. The van der Waals surface area contributed by atoms with Crippen molar-refractivity contribution in [3.63, 3.8) is 0 Å². The normalized spacial score (nSPS) is 11.2. The van der Waals surface area contributed by atoms with Gasteiger partial charge in [0.1, 0.15) is 0 Å². The number of hydrogen-bond acceptors (Lipinski definition) is 2. The Labute approximate surface area is 125 Å². The molecular weight excluding hydrogens is 320 g/mol.